The number of oxime groups is 1. The molecule has 0 saturated carbocycles. The lowest BCUT2D eigenvalue weighted by atomic mass is 10.00. The van der Waals surface area contributed by atoms with Gasteiger partial charge in [0.2, 0.25) is 0 Å². The fraction of sp³-hybridized carbons (Fsp3) is 0.381. The molecular formula is C21H21ClN2O3S. The summed E-state index contributed by atoms with van der Waals surface area (Å²) in [7, 11) is 0. The Morgan fingerprint density at radius 2 is 1.89 bits per heavy atom. The third-order valence-electron chi connectivity index (χ3n) is 5.13. The Bertz CT molecular complexity index is 901. The zero-order valence-corrected chi connectivity index (χ0v) is 17.0. The normalized spacial score (nSPS) is 18.8. The van der Waals surface area contributed by atoms with E-state index in [1.807, 2.05) is 29.2 Å². The minimum Gasteiger partial charge on any atom is -0.392 e. The molecule has 2 aliphatic rings. The number of nitrogens with zero attached hydrogens (tertiary/aromatic N) is 2. The highest BCUT2D eigenvalue weighted by Gasteiger charge is 2.24. The molecular weight excluding hydrogens is 396 g/mol. The van der Waals surface area contributed by atoms with E-state index in [0.717, 1.165) is 37.2 Å². The van der Waals surface area contributed by atoms with Crippen molar-refractivity contribution in [3.05, 3.63) is 56.7 Å². The van der Waals surface area contributed by atoms with Crippen LogP contribution >= 0.6 is 22.9 Å². The molecule has 146 valence electrons. The quantitative estimate of drug-likeness (QED) is 0.636. The second-order valence-electron chi connectivity index (χ2n) is 7.11. The number of likely N-dealkylation sites (tertiary alicyclic amines) is 1. The van der Waals surface area contributed by atoms with Gasteiger partial charge >= 0.3 is 0 Å². The van der Waals surface area contributed by atoms with Crippen molar-refractivity contribution in [2.75, 3.05) is 13.1 Å². The SMILES string of the molecule is O=C(CCC1CC(c2ccc(C(=O)N3CCCC3)cc2)=NO1)c1ccc(Cl)s1. The third-order valence-corrected chi connectivity index (χ3v) is 6.40. The Kier molecular flexibility index (Phi) is 5.78. The van der Waals surface area contributed by atoms with E-state index < -0.39 is 0 Å². The Morgan fingerprint density at radius 3 is 2.57 bits per heavy atom. The van der Waals surface area contributed by atoms with Crippen molar-refractivity contribution in [3.8, 4) is 0 Å². The fourth-order valence-electron chi connectivity index (χ4n) is 3.54. The van der Waals surface area contributed by atoms with Crippen LogP contribution in [0.2, 0.25) is 4.34 Å². The molecule has 3 heterocycles. The summed E-state index contributed by atoms with van der Waals surface area (Å²) >= 11 is 7.19. The molecule has 7 heteroatoms. The van der Waals surface area contributed by atoms with Gasteiger partial charge in [0, 0.05) is 31.5 Å². The number of benzene rings is 1. The zero-order valence-electron chi connectivity index (χ0n) is 15.4. The standard InChI is InChI=1S/C21H21ClN2O3S/c22-20-10-9-19(28-20)18(25)8-7-16-13-17(23-27-16)14-3-5-15(6-4-14)21(26)24-11-1-2-12-24/h3-6,9-10,16H,1-2,7-8,11-13H2. The number of amides is 1. The molecule has 1 aromatic heterocycles. The number of carbonyl (C=O) groups is 2. The monoisotopic (exact) mass is 416 g/mol. The van der Waals surface area contributed by atoms with E-state index >= 15 is 0 Å². The highest BCUT2D eigenvalue weighted by Crippen LogP contribution is 2.25. The summed E-state index contributed by atoms with van der Waals surface area (Å²) in [6, 6.07) is 11.1. The van der Waals surface area contributed by atoms with E-state index in [1.165, 1.54) is 11.3 Å². The number of rotatable bonds is 6. The minimum atomic E-state index is -0.0970. The van der Waals surface area contributed by atoms with Crippen LogP contribution in [0.5, 0.6) is 0 Å². The Morgan fingerprint density at radius 1 is 1.14 bits per heavy atom. The number of hydrogen-bond acceptors (Lipinski definition) is 5. The molecule has 0 N–H and O–H groups in total. The molecule has 2 aromatic rings. The smallest absolute Gasteiger partial charge is 0.253 e. The van der Waals surface area contributed by atoms with Crippen LogP contribution in [0, 0.1) is 0 Å². The summed E-state index contributed by atoms with van der Waals surface area (Å²) < 4.78 is 0.623. The van der Waals surface area contributed by atoms with Gasteiger partial charge in [0.1, 0.15) is 6.10 Å². The average Bonchev–Trinajstić information content (AvgIpc) is 3.47. The predicted molar refractivity (Wildman–Crippen MR) is 111 cm³/mol. The van der Waals surface area contributed by atoms with Crippen molar-refractivity contribution in [1.82, 2.24) is 4.90 Å². The number of ketones is 1. The van der Waals surface area contributed by atoms with Gasteiger partial charge in [0.15, 0.2) is 5.78 Å². The van der Waals surface area contributed by atoms with Gasteiger partial charge in [0.05, 0.1) is 14.9 Å². The van der Waals surface area contributed by atoms with Gasteiger partial charge in [-0.15, -0.1) is 11.3 Å². The van der Waals surface area contributed by atoms with E-state index in [4.69, 9.17) is 16.4 Å². The summed E-state index contributed by atoms with van der Waals surface area (Å²) in [5.41, 5.74) is 2.52. The predicted octanol–water partition coefficient (Wildman–Crippen LogP) is 4.79. The summed E-state index contributed by atoms with van der Waals surface area (Å²) in [5.74, 6) is 0.178. The minimum absolute atomic E-state index is 0.0822. The number of Topliss-reactive ketones (excluding diaryl/α,β-unsaturated/α-hetero) is 1. The Hall–Kier alpha value is -2.18. The van der Waals surface area contributed by atoms with Crippen molar-refractivity contribution in [1.29, 1.82) is 0 Å². The first kappa shape index (κ1) is 19.2. The molecule has 0 spiro atoms. The van der Waals surface area contributed by atoms with Crippen molar-refractivity contribution in [2.45, 2.75) is 38.2 Å². The summed E-state index contributed by atoms with van der Waals surface area (Å²) in [6.45, 7) is 1.69. The van der Waals surface area contributed by atoms with Crippen molar-refractivity contribution in [3.63, 3.8) is 0 Å². The maximum Gasteiger partial charge on any atom is 0.253 e. The second-order valence-corrected chi connectivity index (χ2v) is 8.83. The van der Waals surface area contributed by atoms with Crippen LogP contribution < -0.4 is 0 Å². The molecule has 1 fully saturated rings. The topological polar surface area (TPSA) is 59.0 Å². The summed E-state index contributed by atoms with van der Waals surface area (Å²) in [6.07, 6.45) is 3.77. The molecule has 1 aromatic carbocycles. The molecule has 4 rings (SSSR count). The van der Waals surface area contributed by atoms with Gasteiger partial charge < -0.3 is 9.74 Å². The van der Waals surface area contributed by atoms with Crippen LogP contribution in [0.4, 0.5) is 0 Å². The Balaban J connectivity index is 1.30. The highest BCUT2D eigenvalue weighted by atomic mass is 35.5. The van der Waals surface area contributed by atoms with Gasteiger partial charge in [-0.2, -0.15) is 0 Å². The lowest BCUT2D eigenvalue weighted by molar-refractivity contribution is 0.0720. The molecule has 0 radical (unpaired) electrons. The molecule has 28 heavy (non-hydrogen) atoms. The van der Waals surface area contributed by atoms with Gasteiger partial charge in [-0.3, -0.25) is 9.59 Å². The first-order chi connectivity index (χ1) is 13.6. The van der Waals surface area contributed by atoms with Crippen LogP contribution in [0.15, 0.2) is 41.6 Å². The average molecular weight is 417 g/mol. The molecule has 0 bridgehead atoms. The largest absolute Gasteiger partial charge is 0.392 e. The van der Waals surface area contributed by atoms with E-state index in [2.05, 4.69) is 5.16 Å². The molecule has 1 amide bonds. The molecule has 1 saturated heterocycles. The molecule has 1 atom stereocenters. The summed E-state index contributed by atoms with van der Waals surface area (Å²) in [5, 5.41) is 4.19. The third kappa shape index (κ3) is 4.28. The molecule has 0 aliphatic carbocycles. The lowest BCUT2D eigenvalue weighted by Crippen LogP contribution is -2.27. The first-order valence-electron chi connectivity index (χ1n) is 9.51. The summed E-state index contributed by atoms with van der Waals surface area (Å²) in [4.78, 5) is 32.7. The van der Waals surface area contributed by atoms with Crippen molar-refractivity contribution < 1.29 is 14.4 Å². The van der Waals surface area contributed by atoms with Crippen LogP contribution in [-0.2, 0) is 4.84 Å². The highest BCUT2D eigenvalue weighted by molar-refractivity contribution is 7.18. The van der Waals surface area contributed by atoms with Crippen molar-refractivity contribution in [2.24, 2.45) is 5.16 Å². The van der Waals surface area contributed by atoms with E-state index in [9.17, 15) is 9.59 Å². The van der Waals surface area contributed by atoms with Crippen LogP contribution in [-0.4, -0.2) is 41.5 Å². The van der Waals surface area contributed by atoms with Crippen LogP contribution in [0.25, 0.3) is 0 Å². The first-order valence-corrected chi connectivity index (χ1v) is 10.7. The van der Waals surface area contributed by atoms with E-state index in [0.29, 0.717) is 34.0 Å². The van der Waals surface area contributed by atoms with Gasteiger partial charge in [0.25, 0.3) is 5.91 Å². The fourth-order valence-corrected chi connectivity index (χ4v) is 4.55. The van der Waals surface area contributed by atoms with E-state index in [1.54, 1.807) is 12.1 Å². The number of carbonyl (C=O) groups excluding carboxylic acids is 2. The Labute approximate surface area is 172 Å². The number of hydrogen-bond donors (Lipinski definition) is 0. The van der Waals surface area contributed by atoms with Crippen LogP contribution in [0.1, 0.15) is 57.7 Å². The van der Waals surface area contributed by atoms with Crippen LogP contribution in [0.3, 0.4) is 0 Å². The zero-order chi connectivity index (χ0) is 19.5. The van der Waals surface area contributed by atoms with Gasteiger partial charge in [-0.25, -0.2) is 0 Å². The maximum absolute atomic E-state index is 12.4. The molecule has 5 nitrogen and oxygen atoms in total. The van der Waals surface area contributed by atoms with Gasteiger partial charge in [-0.1, -0.05) is 28.9 Å². The second kappa shape index (κ2) is 8.45. The molecule has 2 aliphatic heterocycles. The number of thiophene rings is 1. The lowest BCUT2D eigenvalue weighted by Gasteiger charge is -2.15. The maximum atomic E-state index is 12.4. The van der Waals surface area contributed by atoms with Gasteiger partial charge in [-0.05, 0) is 49.1 Å². The molecule has 1 unspecified atom stereocenters. The van der Waals surface area contributed by atoms with Crippen molar-refractivity contribution >= 4 is 40.3 Å². The number of halogens is 1. The van der Waals surface area contributed by atoms with E-state index in [-0.39, 0.29) is 17.8 Å².